The van der Waals surface area contributed by atoms with E-state index in [0.29, 0.717) is 51.5 Å². The van der Waals surface area contributed by atoms with E-state index in [1.807, 2.05) is 36.1 Å². The van der Waals surface area contributed by atoms with Crippen molar-refractivity contribution in [3.05, 3.63) is 59.3 Å². The van der Waals surface area contributed by atoms with Crippen molar-refractivity contribution < 1.29 is 14.4 Å². The van der Waals surface area contributed by atoms with Crippen molar-refractivity contribution in [2.75, 3.05) is 44.6 Å². The maximum atomic E-state index is 14.1. The molecule has 4 N–H and O–H groups in total. The van der Waals surface area contributed by atoms with Crippen molar-refractivity contribution >= 4 is 34.6 Å². The summed E-state index contributed by atoms with van der Waals surface area (Å²) in [5.41, 5.74) is 4.40. The Labute approximate surface area is 264 Å². The SMILES string of the molecule is Cc1cc(CC(NC(=O)N2CCC3(CC2)NC(=O)Nc2ccccc23)C(=O)N2CCC(N3CCCCC3)CC2)cc2cn[nH]c12. The Balaban J connectivity index is 1.05. The van der Waals surface area contributed by atoms with Crippen LogP contribution in [-0.4, -0.2) is 94.2 Å². The van der Waals surface area contributed by atoms with E-state index < -0.39 is 11.6 Å². The number of fused-ring (bicyclic) bond motifs is 3. The van der Waals surface area contributed by atoms with Gasteiger partial charge in [-0.25, -0.2) is 9.59 Å². The summed E-state index contributed by atoms with van der Waals surface area (Å²) in [5, 5.41) is 17.4. The van der Waals surface area contributed by atoms with Crippen LogP contribution in [0.3, 0.4) is 0 Å². The largest absolute Gasteiger partial charge is 0.341 e. The number of H-pyrrole nitrogens is 1. The molecule has 2 aromatic carbocycles. The van der Waals surface area contributed by atoms with E-state index in [0.717, 1.165) is 59.2 Å². The molecule has 238 valence electrons. The van der Waals surface area contributed by atoms with Gasteiger partial charge in [-0.2, -0.15) is 5.10 Å². The Morgan fingerprint density at radius 2 is 1.76 bits per heavy atom. The van der Waals surface area contributed by atoms with E-state index in [2.05, 4.69) is 43.2 Å². The molecule has 5 amide bonds. The number of carbonyl (C=O) groups is 3. The van der Waals surface area contributed by atoms with Gasteiger partial charge in [0, 0.05) is 55.3 Å². The third-order valence-corrected chi connectivity index (χ3v) is 10.5. The second-order valence-electron chi connectivity index (χ2n) is 13.3. The van der Waals surface area contributed by atoms with Crippen LogP contribution in [0, 0.1) is 6.92 Å². The quantitative estimate of drug-likeness (QED) is 0.345. The van der Waals surface area contributed by atoms with Crippen molar-refractivity contribution in [3.8, 4) is 0 Å². The molecule has 3 aromatic rings. The van der Waals surface area contributed by atoms with Crippen molar-refractivity contribution in [1.29, 1.82) is 0 Å². The van der Waals surface area contributed by atoms with Crippen LogP contribution in [-0.2, 0) is 16.8 Å². The van der Waals surface area contributed by atoms with E-state index in [4.69, 9.17) is 0 Å². The van der Waals surface area contributed by atoms with E-state index in [-0.39, 0.29) is 18.0 Å². The van der Waals surface area contributed by atoms with Crippen molar-refractivity contribution in [2.45, 2.75) is 75.9 Å². The monoisotopic (exact) mass is 612 g/mol. The predicted octanol–water partition coefficient (Wildman–Crippen LogP) is 4.10. The number of amides is 5. The summed E-state index contributed by atoms with van der Waals surface area (Å²) in [5.74, 6) is -0.0154. The summed E-state index contributed by atoms with van der Waals surface area (Å²) < 4.78 is 0. The number of anilines is 1. The van der Waals surface area contributed by atoms with E-state index in [9.17, 15) is 14.4 Å². The van der Waals surface area contributed by atoms with Gasteiger partial charge in [-0.3, -0.25) is 9.89 Å². The Hall–Kier alpha value is -4.12. The fourth-order valence-corrected chi connectivity index (χ4v) is 8.00. The summed E-state index contributed by atoms with van der Waals surface area (Å²) in [7, 11) is 0. The summed E-state index contributed by atoms with van der Waals surface area (Å²) >= 11 is 0. The van der Waals surface area contributed by atoms with Gasteiger partial charge in [-0.1, -0.05) is 30.7 Å². The lowest BCUT2D eigenvalue weighted by molar-refractivity contribution is -0.135. The number of benzene rings is 2. The molecule has 0 saturated carbocycles. The van der Waals surface area contributed by atoms with Crippen LogP contribution in [0.2, 0.25) is 0 Å². The van der Waals surface area contributed by atoms with Crippen LogP contribution in [0.4, 0.5) is 15.3 Å². The van der Waals surface area contributed by atoms with E-state index >= 15 is 0 Å². The molecule has 3 fully saturated rings. The summed E-state index contributed by atoms with van der Waals surface area (Å²) in [6, 6.07) is 11.4. The van der Waals surface area contributed by atoms with Gasteiger partial charge in [-0.15, -0.1) is 0 Å². The number of likely N-dealkylation sites (tertiary alicyclic amines) is 3. The number of rotatable bonds is 5. The Morgan fingerprint density at radius 1 is 1.00 bits per heavy atom. The number of nitrogens with zero attached hydrogens (tertiary/aromatic N) is 4. The predicted molar refractivity (Wildman–Crippen MR) is 173 cm³/mol. The molecule has 1 aromatic heterocycles. The molecular formula is C34H44N8O3. The third-order valence-electron chi connectivity index (χ3n) is 10.5. The lowest BCUT2D eigenvalue weighted by Crippen LogP contribution is -2.60. The molecule has 1 unspecified atom stereocenters. The van der Waals surface area contributed by atoms with Gasteiger partial charge in [-0.05, 0) is 81.8 Å². The second-order valence-corrected chi connectivity index (χ2v) is 13.3. The van der Waals surface area contributed by atoms with Gasteiger partial charge in [0.1, 0.15) is 6.04 Å². The summed E-state index contributed by atoms with van der Waals surface area (Å²) in [6.07, 6.45) is 9.21. The number of aryl methyl sites for hydroxylation is 1. The van der Waals surface area contributed by atoms with E-state index in [1.54, 1.807) is 11.1 Å². The van der Waals surface area contributed by atoms with E-state index in [1.165, 1.54) is 19.3 Å². The summed E-state index contributed by atoms with van der Waals surface area (Å²) in [4.78, 5) is 46.8. The highest BCUT2D eigenvalue weighted by Crippen LogP contribution is 2.39. The number of para-hydroxylation sites is 1. The first-order chi connectivity index (χ1) is 21.9. The van der Waals surface area contributed by atoms with Crippen LogP contribution in [0.15, 0.2) is 42.6 Å². The number of urea groups is 2. The second kappa shape index (κ2) is 12.3. The number of piperidine rings is 3. The molecule has 11 heteroatoms. The van der Waals surface area contributed by atoms with Crippen LogP contribution < -0.4 is 16.0 Å². The zero-order chi connectivity index (χ0) is 31.0. The zero-order valence-corrected chi connectivity index (χ0v) is 26.1. The van der Waals surface area contributed by atoms with Gasteiger partial charge in [0.05, 0.1) is 17.3 Å². The lowest BCUT2D eigenvalue weighted by Gasteiger charge is -2.45. The molecule has 3 saturated heterocycles. The van der Waals surface area contributed by atoms with Crippen molar-refractivity contribution in [3.63, 3.8) is 0 Å². The maximum absolute atomic E-state index is 14.1. The fourth-order valence-electron chi connectivity index (χ4n) is 8.00. The van der Waals surface area contributed by atoms with Crippen LogP contribution in [0.25, 0.3) is 10.9 Å². The van der Waals surface area contributed by atoms with Gasteiger partial charge < -0.3 is 30.7 Å². The highest BCUT2D eigenvalue weighted by molar-refractivity contribution is 5.94. The van der Waals surface area contributed by atoms with Gasteiger partial charge in [0.15, 0.2) is 0 Å². The molecule has 5 heterocycles. The molecule has 0 bridgehead atoms. The first kappa shape index (κ1) is 29.6. The minimum atomic E-state index is -0.678. The Morgan fingerprint density at radius 3 is 2.53 bits per heavy atom. The van der Waals surface area contributed by atoms with Crippen molar-refractivity contribution in [1.82, 2.24) is 35.5 Å². The Kier molecular flexibility index (Phi) is 8.12. The molecule has 1 spiro atoms. The number of hydrogen-bond donors (Lipinski definition) is 4. The molecule has 0 radical (unpaired) electrons. The van der Waals surface area contributed by atoms with Gasteiger partial charge in [0.25, 0.3) is 0 Å². The first-order valence-corrected chi connectivity index (χ1v) is 16.6. The smallest absolute Gasteiger partial charge is 0.319 e. The fraction of sp³-hybridized carbons (Fsp3) is 0.529. The average molecular weight is 613 g/mol. The third kappa shape index (κ3) is 5.97. The van der Waals surface area contributed by atoms with Gasteiger partial charge >= 0.3 is 12.1 Å². The molecule has 7 rings (SSSR count). The van der Waals surface area contributed by atoms with Crippen LogP contribution in [0.1, 0.15) is 61.6 Å². The molecule has 4 aliphatic heterocycles. The standard InChI is InChI=1S/C34H44N8O3/c1-23-19-24(20-25-22-35-39-30(23)25)21-29(31(43)41-15-9-26(10-16-41)40-13-5-2-6-14-40)37-33(45)42-17-11-34(12-18-42)27-7-3-4-8-28(27)36-32(44)38-34/h3-4,7-8,19-20,22,26,29H,2,5-6,9-18,21H2,1H3,(H,35,39)(H,37,45)(H2,36,38,44). The van der Waals surface area contributed by atoms with Crippen LogP contribution >= 0.6 is 0 Å². The number of hydrogen-bond acceptors (Lipinski definition) is 5. The number of aromatic nitrogens is 2. The van der Waals surface area contributed by atoms with Crippen molar-refractivity contribution in [2.24, 2.45) is 0 Å². The molecule has 11 nitrogen and oxygen atoms in total. The highest BCUT2D eigenvalue weighted by atomic mass is 16.2. The number of carbonyl (C=O) groups excluding carboxylic acids is 3. The molecule has 45 heavy (non-hydrogen) atoms. The molecular weight excluding hydrogens is 568 g/mol. The molecule has 4 aliphatic rings. The first-order valence-electron chi connectivity index (χ1n) is 16.6. The zero-order valence-electron chi connectivity index (χ0n) is 26.1. The summed E-state index contributed by atoms with van der Waals surface area (Å²) in [6.45, 7) is 6.74. The number of aromatic amines is 1. The lowest BCUT2D eigenvalue weighted by atomic mass is 9.79. The molecule has 1 atom stereocenters. The topological polar surface area (TPSA) is 126 Å². The van der Waals surface area contributed by atoms with Crippen LogP contribution in [0.5, 0.6) is 0 Å². The minimum absolute atomic E-state index is 0.0154. The average Bonchev–Trinajstić information content (AvgIpc) is 3.54. The maximum Gasteiger partial charge on any atom is 0.319 e. The van der Waals surface area contributed by atoms with Gasteiger partial charge in [0.2, 0.25) is 5.91 Å². The number of nitrogens with one attached hydrogen (secondary N) is 4. The minimum Gasteiger partial charge on any atom is -0.341 e. The normalized spacial score (nSPS) is 21.2. The molecule has 0 aliphatic carbocycles. The Bertz CT molecular complexity index is 1560. The highest BCUT2D eigenvalue weighted by Gasteiger charge is 2.43.